The Morgan fingerprint density at radius 3 is 2.67 bits per heavy atom. The van der Waals surface area contributed by atoms with Crippen LogP contribution < -0.4 is 20.1 Å². The molecular formula is C20H29N3O4. The van der Waals surface area contributed by atoms with E-state index in [1.54, 1.807) is 20.5 Å². The Kier molecular flexibility index (Phi) is 9.06. The second-order valence-electron chi connectivity index (χ2n) is 5.80. The van der Waals surface area contributed by atoms with Crippen LogP contribution in [0, 0.1) is 0 Å². The minimum Gasteiger partial charge on any atom is -0.493 e. The lowest BCUT2D eigenvalue weighted by Gasteiger charge is -2.12. The summed E-state index contributed by atoms with van der Waals surface area (Å²) >= 11 is 0. The van der Waals surface area contributed by atoms with Gasteiger partial charge in [-0.25, -0.2) is 4.99 Å². The zero-order valence-corrected chi connectivity index (χ0v) is 16.3. The summed E-state index contributed by atoms with van der Waals surface area (Å²) < 4.78 is 21.4. The number of furan rings is 1. The van der Waals surface area contributed by atoms with Crippen LogP contribution in [0.1, 0.15) is 24.7 Å². The van der Waals surface area contributed by atoms with E-state index in [9.17, 15) is 0 Å². The summed E-state index contributed by atoms with van der Waals surface area (Å²) in [6.07, 6.45) is 2.53. The summed E-state index contributed by atoms with van der Waals surface area (Å²) in [7, 11) is 3.26. The third-order valence-corrected chi connectivity index (χ3v) is 3.79. The van der Waals surface area contributed by atoms with E-state index in [1.165, 1.54) is 0 Å². The molecule has 2 rings (SSSR count). The fraction of sp³-hybridized carbons (Fsp3) is 0.450. The van der Waals surface area contributed by atoms with E-state index in [0.29, 0.717) is 31.3 Å². The molecule has 1 heterocycles. The number of benzene rings is 1. The Balaban J connectivity index is 1.76. The van der Waals surface area contributed by atoms with Crippen molar-refractivity contribution >= 4 is 5.96 Å². The van der Waals surface area contributed by atoms with Gasteiger partial charge in [0.25, 0.3) is 0 Å². The molecule has 0 unspecified atom stereocenters. The molecule has 0 spiro atoms. The molecule has 0 aliphatic carbocycles. The Morgan fingerprint density at radius 1 is 1.11 bits per heavy atom. The molecule has 2 N–H and O–H groups in total. The zero-order valence-electron chi connectivity index (χ0n) is 16.3. The van der Waals surface area contributed by atoms with E-state index < -0.39 is 0 Å². The summed E-state index contributed by atoms with van der Waals surface area (Å²) in [4.78, 5) is 4.62. The van der Waals surface area contributed by atoms with Gasteiger partial charge in [-0.3, -0.25) is 0 Å². The lowest BCUT2D eigenvalue weighted by molar-refractivity contribution is 0.105. The normalized spacial score (nSPS) is 11.3. The van der Waals surface area contributed by atoms with E-state index >= 15 is 0 Å². The van der Waals surface area contributed by atoms with E-state index in [4.69, 9.17) is 18.6 Å². The average Bonchev–Trinajstić information content (AvgIpc) is 3.21. The van der Waals surface area contributed by atoms with Crippen molar-refractivity contribution in [3.8, 4) is 11.5 Å². The first kappa shape index (κ1) is 20.6. The first-order valence-corrected chi connectivity index (χ1v) is 9.10. The monoisotopic (exact) mass is 375 g/mol. The second-order valence-corrected chi connectivity index (χ2v) is 5.80. The highest BCUT2D eigenvalue weighted by Crippen LogP contribution is 2.27. The van der Waals surface area contributed by atoms with Crippen molar-refractivity contribution in [1.29, 1.82) is 0 Å². The molecule has 1 aromatic carbocycles. The van der Waals surface area contributed by atoms with Gasteiger partial charge in [0.2, 0.25) is 0 Å². The summed E-state index contributed by atoms with van der Waals surface area (Å²) in [5.41, 5.74) is 1.05. The van der Waals surface area contributed by atoms with Gasteiger partial charge in [-0.15, -0.1) is 0 Å². The van der Waals surface area contributed by atoms with Gasteiger partial charge in [-0.1, -0.05) is 6.07 Å². The number of ether oxygens (including phenoxy) is 3. The number of rotatable bonds is 11. The number of hydrogen-bond donors (Lipinski definition) is 2. The lowest BCUT2D eigenvalue weighted by atomic mass is 10.2. The van der Waals surface area contributed by atoms with Crippen molar-refractivity contribution in [3.63, 3.8) is 0 Å². The smallest absolute Gasteiger partial charge is 0.191 e. The van der Waals surface area contributed by atoms with Gasteiger partial charge in [0, 0.05) is 19.7 Å². The predicted octanol–water partition coefficient (Wildman–Crippen LogP) is 2.96. The molecule has 1 aromatic heterocycles. The van der Waals surface area contributed by atoms with Gasteiger partial charge in [-0.2, -0.15) is 0 Å². The number of guanidine groups is 1. The molecule has 0 saturated carbocycles. The van der Waals surface area contributed by atoms with Crippen LogP contribution in [0.2, 0.25) is 0 Å². The Labute approximate surface area is 160 Å². The van der Waals surface area contributed by atoms with Crippen molar-refractivity contribution in [1.82, 2.24) is 10.6 Å². The zero-order chi connectivity index (χ0) is 19.3. The minimum atomic E-state index is 0.500. The van der Waals surface area contributed by atoms with Crippen LogP contribution in [0.15, 0.2) is 46.0 Å². The highest BCUT2D eigenvalue weighted by Gasteiger charge is 2.05. The lowest BCUT2D eigenvalue weighted by Crippen LogP contribution is -2.38. The third-order valence-electron chi connectivity index (χ3n) is 3.79. The van der Waals surface area contributed by atoms with E-state index in [0.717, 1.165) is 36.8 Å². The minimum absolute atomic E-state index is 0.500. The van der Waals surface area contributed by atoms with E-state index in [2.05, 4.69) is 15.6 Å². The maximum Gasteiger partial charge on any atom is 0.191 e. The van der Waals surface area contributed by atoms with Gasteiger partial charge >= 0.3 is 0 Å². The molecule has 0 aliphatic heterocycles. The van der Waals surface area contributed by atoms with Crippen LogP contribution in [0.5, 0.6) is 11.5 Å². The van der Waals surface area contributed by atoms with Crippen molar-refractivity contribution in [2.75, 3.05) is 33.9 Å². The molecular weight excluding hydrogens is 346 g/mol. The van der Waals surface area contributed by atoms with Crippen LogP contribution in [-0.4, -0.2) is 39.9 Å². The number of hydrogen-bond acceptors (Lipinski definition) is 5. The maximum absolute atomic E-state index is 5.58. The van der Waals surface area contributed by atoms with E-state index in [1.807, 2.05) is 37.3 Å². The first-order chi connectivity index (χ1) is 13.3. The van der Waals surface area contributed by atoms with E-state index in [-0.39, 0.29) is 0 Å². The predicted molar refractivity (Wildman–Crippen MR) is 105 cm³/mol. The van der Waals surface area contributed by atoms with Crippen LogP contribution >= 0.6 is 0 Å². The summed E-state index contributed by atoms with van der Waals surface area (Å²) in [5, 5.41) is 6.56. The van der Waals surface area contributed by atoms with Crippen LogP contribution in [0.4, 0.5) is 0 Å². The van der Waals surface area contributed by atoms with Crippen molar-refractivity contribution in [2.24, 2.45) is 4.99 Å². The van der Waals surface area contributed by atoms with Gasteiger partial charge in [0.1, 0.15) is 12.4 Å². The highest BCUT2D eigenvalue weighted by atomic mass is 16.5. The molecule has 0 amide bonds. The highest BCUT2D eigenvalue weighted by molar-refractivity contribution is 5.79. The van der Waals surface area contributed by atoms with Gasteiger partial charge in [-0.05, 0) is 43.2 Å². The average molecular weight is 375 g/mol. The van der Waals surface area contributed by atoms with Crippen LogP contribution in [-0.2, 0) is 17.9 Å². The first-order valence-electron chi connectivity index (χ1n) is 9.10. The SMILES string of the molecule is CCNC(=NCc1ccc(OC)c(OC)c1)NCCCOCc1ccco1. The topological polar surface area (TPSA) is 77.3 Å². The molecule has 0 saturated heterocycles. The standard InChI is InChI=1S/C20H29N3O4/c1-4-21-20(22-10-6-11-26-15-17-7-5-12-27-17)23-14-16-8-9-18(24-2)19(13-16)25-3/h5,7-9,12-13H,4,6,10-11,14-15H2,1-3H3,(H2,21,22,23). The number of nitrogens with one attached hydrogen (secondary N) is 2. The van der Waals surface area contributed by atoms with Crippen molar-refractivity contribution < 1.29 is 18.6 Å². The molecule has 0 radical (unpaired) electrons. The Bertz CT molecular complexity index is 687. The van der Waals surface area contributed by atoms with Crippen LogP contribution in [0.3, 0.4) is 0 Å². The number of aliphatic imine (C=N–C) groups is 1. The molecule has 7 heteroatoms. The molecule has 148 valence electrons. The fourth-order valence-corrected chi connectivity index (χ4v) is 2.44. The number of methoxy groups -OCH3 is 2. The largest absolute Gasteiger partial charge is 0.493 e. The van der Waals surface area contributed by atoms with Gasteiger partial charge < -0.3 is 29.3 Å². The summed E-state index contributed by atoms with van der Waals surface area (Å²) in [5.74, 6) is 3.03. The summed E-state index contributed by atoms with van der Waals surface area (Å²) in [6, 6.07) is 9.58. The molecule has 0 atom stereocenters. The second kappa shape index (κ2) is 11.9. The summed E-state index contributed by atoms with van der Waals surface area (Å²) in [6.45, 7) is 5.32. The molecule has 0 aliphatic rings. The Hall–Kier alpha value is -2.67. The van der Waals surface area contributed by atoms with Crippen LogP contribution in [0.25, 0.3) is 0 Å². The van der Waals surface area contributed by atoms with Gasteiger partial charge in [0.05, 0.1) is 27.0 Å². The van der Waals surface area contributed by atoms with Crippen molar-refractivity contribution in [3.05, 3.63) is 47.9 Å². The number of nitrogens with zero attached hydrogens (tertiary/aromatic N) is 1. The maximum atomic E-state index is 5.58. The van der Waals surface area contributed by atoms with Gasteiger partial charge in [0.15, 0.2) is 17.5 Å². The molecule has 0 bridgehead atoms. The molecule has 0 fully saturated rings. The Morgan fingerprint density at radius 2 is 1.96 bits per heavy atom. The molecule has 7 nitrogen and oxygen atoms in total. The molecule has 27 heavy (non-hydrogen) atoms. The third kappa shape index (κ3) is 7.22. The van der Waals surface area contributed by atoms with Crippen molar-refractivity contribution in [2.45, 2.75) is 26.5 Å². The molecule has 2 aromatic rings. The quantitative estimate of drug-likeness (QED) is 0.357. The fourth-order valence-electron chi connectivity index (χ4n) is 2.44.